The van der Waals surface area contributed by atoms with Crippen LogP contribution in [0.1, 0.15) is 46.0 Å². The Morgan fingerprint density at radius 1 is 1.41 bits per heavy atom. The predicted molar refractivity (Wildman–Crippen MR) is 64.8 cm³/mol. The summed E-state index contributed by atoms with van der Waals surface area (Å²) in [6.07, 6.45) is 3.79. The van der Waals surface area contributed by atoms with Crippen molar-refractivity contribution in [1.29, 1.82) is 0 Å². The first-order valence-electron chi connectivity index (χ1n) is 6.30. The number of hydrogen-bond acceptors (Lipinski definition) is 2. The van der Waals surface area contributed by atoms with Gasteiger partial charge in [0.25, 0.3) is 0 Å². The molecule has 3 atom stereocenters. The van der Waals surface area contributed by atoms with Gasteiger partial charge in [0.15, 0.2) is 0 Å². The van der Waals surface area contributed by atoms with E-state index in [4.69, 9.17) is 5.11 Å². The van der Waals surface area contributed by atoms with Crippen LogP contribution in [0.3, 0.4) is 0 Å². The fourth-order valence-corrected chi connectivity index (χ4v) is 2.26. The van der Waals surface area contributed by atoms with Crippen LogP contribution in [0.25, 0.3) is 0 Å². The van der Waals surface area contributed by atoms with Gasteiger partial charge in [0.05, 0.1) is 6.42 Å². The zero-order valence-corrected chi connectivity index (χ0v) is 10.5. The number of aliphatic carboxylic acids is 1. The molecule has 0 aliphatic heterocycles. The van der Waals surface area contributed by atoms with Crippen molar-refractivity contribution in [2.45, 2.75) is 58.0 Å². The number of nitrogens with one attached hydrogen (secondary N) is 2. The number of hydrogen-bond donors (Lipinski definition) is 3. The molecule has 5 nitrogen and oxygen atoms in total. The molecule has 0 aromatic heterocycles. The Kier molecular flexibility index (Phi) is 5.25. The Hall–Kier alpha value is -1.26. The van der Waals surface area contributed by atoms with Gasteiger partial charge in [-0.15, -0.1) is 0 Å². The van der Waals surface area contributed by atoms with E-state index < -0.39 is 5.97 Å². The number of amides is 2. The van der Waals surface area contributed by atoms with Crippen molar-refractivity contribution in [2.24, 2.45) is 5.92 Å². The second-order valence-corrected chi connectivity index (χ2v) is 4.94. The number of carbonyl (C=O) groups excluding carboxylic acids is 1. The van der Waals surface area contributed by atoms with Crippen LogP contribution >= 0.6 is 0 Å². The summed E-state index contributed by atoms with van der Waals surface area (Å²) in [5, 5.41) is 14.3. The molecule has 0 aromatic carbocycles. The van der Waals surface area contributed by atoms with E-state index in [1.807, 2.05) is 6.92 Å². The van der Waals surface area contributed by atoms with Gasteiger partial charge in [0.2, 0.25) is 0 Å². The van der Waals surface area contributed by atoms with Crippen LogP contribution in [-0.2, 0) is 4.79 Å². The molecule has 0 saturated heterocycles. The van der Waals surface area contributed by atoms with Crippen LogP contribution in [0, 0.1) is 5.92 Å². The highest BCUT2D eigenvalue weighted by Crippen LogP contribution is 2.24. The molecular weight excluding hydrogens is 220 g/mol. The fraction of sp³-hybridized carbons (Fsp3) is 0.833. The van der Waals surface area contributed by atoms with Crippen LogP contribution in [-0.4, -0.2) is 29.2 Å². The van der Waals surface area contributed by atoms with Gasteiger partial charge in [-0.2, -0.15) is 0 Å². The topological polar surface area (TPSA) is 78.4 Å². The molecule has 0 radical (unpaired) electrons. The van der Waals surface area contributed by atoms with Gasteiger partial charge in [-0.05, 0) is 31.6 Å². The number of carboxylic acids is 1. The van der Waals surface area contributed by atoms with Gasteiger partial charge in [-0.3, -0.25) is 4.79 Å². The number of urea groups is 1. The molecule has 0 aromatic rings. The quantitative estimate of drug-likeness (QED) is 0.687. The van der Waals surface area contributed by atoms with Gasteiger partial charge < -0.3 is 15.7 Å². The van der Waals surface area contributed by atoms with E-state index in [1.54, 1.807) is 0 Å². The van der Waals surface area contributed by atoms with Crippen LogP contribution in [0.4, 0.5) is 4.79 Å². The highest BCUT2D eigenvalue weighted by molar-refractivity contribution is 5.76. The van der Waals surface area contributed by atoms with Crippen molar-refractivity contribution in [2.75, 3.05) is 0 Å². The normalized spacial score (nSPS) is 25.3. The highest BCUT2D eigenvalue weighted by Gasteiger charge is 2.23. The largest absolute Gasteiger partial charge is 0.481 e. The maximum absolute atomic E-state index is 11.6. The highest BCUT2D eigenvalue weighted by atomic mass is 16.4. The summed E-state index contributed by atoms with van der Waals surface area (Å²) >= 11 is 0. The average molecular weight is 242 g/mol. The minimum Gasteiger partial charge on any atom is -0.481 e. The monoisotopic (exact) mass is 242 g/mol. The van der Waals surface area contributed by atoms with Crippen LogP contribution in [0.15, 0.2) is 0 Å². The Labute approximate surface area is 102 Å². The molecular formula is C12H22N2O3. The van der Waals surface area contributed by atoms with E-state index in [2.05, 4.69) is 17.6 Å². The van der Waals surface area contributed by atoms with Crippen LogP contribution in [0.5, 0.6) is 0 Å². The SMILES string of the molecule is CCC(CC(=O)O)NC(=O)NC1CCC(C)C1. The van der Waals surface area contributed by atoms with Gasteiger partial charge in [0, 0.05) is 12.1 Å². The molecule has 5 heteroatoms. The number of carboxylic acid groups (broad SMARTS) is 1. The molecule has 98 valence electrons. The smallest absolute Gasteiger partial charge is 0.315 e. The summed E-state index contributed by atoms with van der Waals surface area (Å²) in [4.78, 5) is 22.2. The lowest BCUT2D eigenvalue weighted by Crippen LogP contribution is -2.46. The van der Waals surface area contributed by atoms with Gasteiger partial charge in [-0.25, -0.2) is 4.79 Å². The maximum Gasteiger partial charge on any atom is 0.315 e. The third-order valence-corrected chi connectivity index (χ3v) is 3.28. The molecule has 3 N–H and O–H groups in total. The van der Waals surface area contributed by atoms with E-state index >= 15 is 0 Å². The van der Waals surface area contributed by atoms with Crippen molar-refractivity contribution in [3.8, 4) is 0 Å². The molecule has 1 saturated carbocycles. The van der Waals surface area contributed by atoms with E-state index in [9.17, 15) is 9.59 Å². The fourth-order valence-electron chi connectivity index (χ4n) is 2.26. The van der Waals surface area contributed by atoms with Crippen molar-refractivity contribution < 1.29 is 14.7 Å². The summed E-state index contributed by atoms with van der Waals surface area (Å²) in [6, 6.07) is -0.282. The van der Waals surface area contributed by atoms with Crippen molar-refractivity contribution >= 4 is 12.0 Å². The van der Waals surface area contributed by atoms with Crippen molar-refractivity contribution in [1.82, 2.24) is 10.6 Å². The van der Waals surface area contributed by atoms with Crippen molar-refractivity contribution in [3.05, 3.63) is 0 Å². The van der Waals surface area contributed by atoms with Crippen LogP contribution < -0.4 is 10.6 Å². The summed E-state index contributed by atoms with van der Waals surface area (Å²) in [6.45, 7) is 4.05. The molecule has 1 aliphatic carbocycles. The Morgan fingerprint density at radius 3 is 2.59 bits per heavy atom. The lowest BCUT2D eigenvalue weighted by molar-refractivity contribution is -0.137. The third-order valence-electron chi connectivity index (χ3n) is 3.28. The zero-order valence-electron chi connectivity index (χ0n) is 10.5. The van der Waals surface area contributed by atoms with E-state index in [0.717, 1.165) is 19.3 Å². The standard InChI is InChI=1S/C12H22N2O3/c1-3-9(7-11(15)16)13-12(17)14-10-5-4-8(2)6-10/h8-10H,3-7H2,1-2H3,(H,15,16)(H2,13,14,17). The summed E-state index contributed by atoms with van der Waals surface area (Å²) in [5.41, 5.74) is 0. The van der Waals surface area contributed by atoms with Gasteiger partial charge in [-0.1, -0.05) is 13.8 Å². The summed E-state index contributed by atoms with van der Waals surface area (Å²) in [5.74, 6) is -0.215. The van der Waals surface area contributed by atoms with Crippen LogP contribution in [0.2, 0.25) is 0 Å². The molecule has 17 heavy (non-hydrogen) atoms. The van der Waals surface area contributed by atoms with Gasteiger partial charge >= 0.3 is 12.0 Å². The summed E-state index contributed by atoms with van der Waals surface area (Å²) in [7, 11) is 0. The van der Waals surface area contributed by atoms with E-state index in [1.165, 1.54) is 0 Å². The zero-order chi connectivity index (χ0) is 12.8. The lowest BCUT2D eigenvalue weighted by Gasteiger charge is -2.18. The first kappa shape index (κ1) is 13.8. The molecule has 2 amide bonds. The molecule has 3 unspecified atom stereocenters. The molecule has 0 spiro atoms. The molecule has 0 bridgehead atoms. The van der Waals surface area contributed by atoms with Crippen molar-refractivity contribution in [3.63, 3.8) is 0 Å². The molecule has 1 rings (SSSR count). The van der Waals surface area contributed by atoms with E-state index in [-0.39, 0.29) is 24.5 Å². The lowest BCUT2D eigenvalue weighted by atomic mass is 10.1. The first-order chi connectivity index (χ1) is 8.01. The summed E-state index contributed by atoms with van der Waals surface area (Å²) < 4.78 is 0. The molecule has 1 fully saturated rings. The third kappa shape index (κ3) is 5.06. The first-order valence-corrected chi connectivity index (χ1v) is 6.30. The van der Waals surface area contributed by atoms with Gasteiger partial charge in [0.1, 0.15) is 0 Å². The minimum absolute atomic E-state index is 0.0228. The molecule has 0 heterocycles. The van der Waals surface area contributed by atoms with E-state index in [0.29, 0.717) is 12.3 Å². The Bertz CT molecular complexity index is 281. The molecule has 1 aliphatic rings. The number of rotatable bonds is 5. The maximum atomic E-state index is 11.6. The minimum atomic E-state index is -0.883. The second-order valence-electron chi connectivity index (χ2n) is 4.94. The average Bonchev–Trinajstić information content (AvgIpc) is 2.62. The predicted octanol–water partition coefficient (Wildman–Crippen LogP) is 1.73. The second kappa shape index (κ2) is 6.47. The Morgan fingerprint density at radius 2 is 2.12 bits per heavy atom. The Balaban J connectivity index is 2.29. The number of carbonyl (C=O) groups is 2.